The monoisotopic (exact) mass is 367 g/mol. The number of nitrogens with zero attached hydrogens (tertiary/aromatic N) is 1. The molecule has 1 aromatic heterocycles. The number of hydrogen-bond donors (Lipinski definition) is 0. The second-order valence-corrected chi connectivity index (χ2v) is 6.93. The molecule has 3 nitrogen and oxygen atoms in total. The summed E-state index contributed by atoms with van der Waals surface area (Å²) < 4.78 is 5.59. The summed E-state index contributed by atoms with van der Waals surface area (Å²) in [5.74, 6) is -0.340. The molecule has 0 saturated heterocycles. The molecule has 0 unspecified atom stereocenters. The summed E-state index contributed by atoms with van der Waals surface area (Å²) in [6.45, 7) is 4.41. The number of pyridine rings is 1. The molecule has 0 fully saturated rings. The molecule has 3 aromatic carbocycles. The Bertz CT molecular complexity index is 1150. The molecule has 3 heteroatoms. The zero-order chi connectivity index (χ0) is 19.5. The first-order valence-corrected chi connectivity index (χ1v) is 9.30. The minimum Gasteiger partial charge on any atom is -0.457 e. The highest BCUT2D eigenvalue weighted by atomic mass is 16.5. The van der Waals surface area contributed by atoms with Crippen molar-refractivity contribution in [2.24, 2.45) is 0 Å². The summed E-state index contributed by atoms with van der Waals surface area (Å²) in [6.07, 6.45) is 0. The van der Waals surface area contributed by atoms with Gasteiger partial charge in [0.15, 0.2) is 0 Å². The fourth-order valence-corrected chi connectivity index (χ4v) is 3.19. The summed E-state index contributed by atoms with van der Waals surface area (Å²) >= 11 is 0. The molecule has 0 aliphatic carbocycles. The first-order chi connectivity index (χ1) is 13.6. The molecule has 0 saturated carbocycles. The zero-order valence-corrected chi connectivity index (χ0v) is 16.0. The van der Waals surface area contributed by atoms with Gasteiger partial charge in [0.05, 0.1) is 16.8 Å². The molecule has 0 atom stereocenters. The molecule has 0 N–H and O–H groups in total. The molecule has 28 heavy (non-hydrogen) atoms. The quantitative estimate of drug-likeness (QED) is 0.423. The summed E-state index contributed by atoms with van der Waals surface area (Å²) in [6, 6.07) is 25.4. The van der Waals surface area contributed by atoms with Crippen molar-refractivity contribution in [2.45, 2.75) is 20.5 Å². The molecule has 4 rings (SSSR count). The van der Waals surface area contributed by atoms with E-state index in [1.165, 1.54) is 11.1 Å². The van der Waals surface area contributed by atoms with E-state index in [-0.39, 0.29) is 12.6 Å². The van der Waals surface area contributed by atoms with E-state index < -0.39 is 0 Å². The van der Waals surface area contributed by atoms with Crippen molar-refractivity contribution in [3.63, 3.8) is 0 Å². The largest absolute Gasteiger partial charge is 0.457 e. The lowest BCUT2D eigenvalue weighted by Crippen LogP contribution is -2.07. The van der Waals surface area contributed by atoms with E-state index in [4.69, 9.17) is 9.72 Å². The fraction of sp³-hybridized carbons (Fsp3) is 0.120. The number of esters is 1. The van der Waals surface area contributed by atoms with E-state index in [0.29, 0.717) is 5.56 Å². The Kier molecular flexibility index (Phi) is 4.90. The number of para-hydroxylation sites is 1. The fourth-order valence-electron chi connectivity index (χ4n) is 3.19. The molecule has 138 valence electrons. The Morgan fingerprint density at radius 3 is 2.39 bits per heavy atom. The molecule has 0 amide bonds. The number of hydrogen-bond acceptors (Lipinski definition) is 3. The number of aromatic nitrogens is 1. The molecule has 0 spiro atoms. The minimum absolute atomic E-state index is 0.245. The highest BCUT2D eigenvalue weighted by molar-refractivity contribution is 6.04. The van der Waals surface area contributed by atoms with Gasteiger partial charge in [0.1, 0.15) is 6.61 Å². The topological polar surface area (TPSA) is 39.2 Å². The second-order valence-electron chi connectivity index (χ2n) is 6.93. The van der Waals surface area contributed by atoms with Gasteiger partial charge in [0.2, 0.25) is 0 Å². The lowest BCUT2D eigenvalue weighted by Gasteiger charge is -2.11. The third-order valence-electron chi connectivity index (χ3n) is 4.95. The number of aryl methyl sites for hydroxylation is 2. The summed E-state index contributed by atoms with van der Waals surface area (Å²) in [5, 5.41) is 0.799. The van der Waals surface area contributed by atoms with Gasteiger partial charge < -0.3 is 4.74 Å². The smallest absolute Gasteiger partial charge is 0.339 e. The molecule has 1 heterocycles. The van der Waals surface area contributed by atoms with E-state index >= 15 is 0 Å². The highest BCUT2D eigenvalue weighted by Gasteiger charge is 2.15. The van der Waals surface area contributed by atoms with Crippen molar-refractivity contribution in [2.75, 3.05) is 0 Å². The van der Waals surface area contributed by atoms with E-state index in [1.807, 2.05) is 66.7 Å². The van der Waals surface area contributed by atoms with Crippen LogP contribution in [-0.2, 0) is 11.3 Å². The average Bonchev–Trinajstić information content (AvgIpc) is 2.74. The number of carbonyl (C=O) groups is 1. The predicted molar refractivity (Wildman–Crippen MR) is 112 cm³/mol. The first-order valence-electron chi connectivity index (χ1n) is 9.30. The van der Waals surface area contributed by atoms with Gasteiger partial charge in [0.25, 0.3) is 0 Å². The molecular formula is C25H21NO2. The zero-order valence-electron chi connectivity index (χ0n) is 16.0. The Labute approximate surface area is 164 Å². The SMILES string of the molecule is Cc1ccc(-c2cc(C(=O)OCc3ccccc3)c3ccccc3n2)cc1C. The van der Waals surface area contributed by atoms with Gasteiger partial charge >= 0.3 is 5.97 Å². The minimum atomic E-state index is -0.340. The van der Waals surface area contributed by atoms with Gasteiger partial charge in [-0.2, -0.15) is 0 Å². The third kappa shape index (κ3) is 3.65. The Balaban J connectivity index is 1.73. The normalized spacial score (nSPS) is 10.8. The van der Waals surface area contributed by atoms with Crippen molar-refractivity contribution in [3.8, 4) is 11.3 Å². The lowest BCUT2D eigenvalue weighted by atomic mass is 10.0. The van der Waals surface area contributed by atoms with Crippen molar-refractivity contribution in [3.05, 3.63) is 101 Å². The lowest BCUT2D eigenvalue weighted by molar-refractivity contribution is 0.0475. The van der Waals surface area contributed by atoms with Crippen LogP contribution in [0, 0.1) is 13.8 Å². The standard InChI is InChI=1S/C25H21NO2/c1-17-12-13-20(14-18(17)2)24-15-22(21-10-6-7-11-23(21)26-24)25(27)28-16-19-8-4-3-5-9-19/h3-15H,16H2,1-2H3. The maximum Gasteiger partial charge on any atom is 0.339 e. The molecular weight excluding hydrogens is 346 g/mol. The molecule has 0 aliphatic rings. The first kappa shape index (κ1) is 17.9. The van der Waals surface area contributed by atoms with Crippen molar-refractivity contribution >= 4 is 16.9 Å². The van der Waals surface area contributed by atoms with Crippen molar-refractivity contribution < 1.29 is 9.53 Å². The summed E-state index contributed by atoms with van der Waals surface area (Å²) in [4.78, 5) is 17.7. The highest BCUT2D eigenvalue weighted by Crippen LogP contribution is 2.27. The van der Waals surface area contributed by atoms with Crippen LogP contribution >= 0.6 is 0 Å². The number of carbonyl (C=O) groups excluding carboxylic acids is 1. The van der Waals surface area contributed by atoms with Crippen LogP contribution in [0.25, 0.3) is 22.2 Å². The summed E-state index contributed by atoms with van der Waals surface area (Å²) in [5.41, 5.74) is 6.47. The molecule has 0 bridgehead atoms. The van der Waals surface area contributed by atoms with Crippen molar-refractivity contribution in [1.29, 1.82) is 0 Å². The van der Waals surface area contributed by atoms with E-state index in [0.717, 1.165) is 27.7 Å². The van der Waals surface area contributed by atoms with E-state index in [1.54, 1.807) is 0 Å². The van der Waals surface area contributed by atoms with Crippen molar-refractivity contribution in [1.82, 2.24) is 4.98 Å². The molecule has 4 aromatic rings. The average molecular weight is 367 g/mol. The maximum absolute atomic E-state index is 12.9. The molecule has 0 aliphatic heterocycles. The number of benzene rings is 3. The van der Waals surface area contributed by atoms with Crippen LogP contribution in [0.2, 0.25) is 0 Å². The molecule has 0 radical (unpaired) electrons. The third-order valence-corrected chi connectivity index (χ3v) is 4.95. The van der Waals surface area contributed by atoms with Crippen LogP contribution in [0.3, 0.4) is 0 Å². The Hall–Kier alpha value is -3.46. The summed E-state index contributed by atoms with van der Waals surface area (Å²) in [7, 11) is 0. The van der Waals surface area contributed by atoms with Crippen LogP contribution in [0.15, 0.2) is 78.9 Å². The van der Waals surface area contributed by atoms with Gasteiger partial charge in [0, 0.05) is 10.9 Å². The van der Waals surface area contributed by atoms with Gasteiger partial charge in [-0.15, -0.1) is 0 Å². The number of ether oxygens (including phenoxy) is 1. The van der Waals surface area contributed by atoms with Crippen LogP contribution in [0.5, 0.6) is 0 Å². The van der Waals surface area contributed by atoms with Gasteiger partial charge in [-0.25, -0.2) is 9.78 Å². The Morgan fingerprint density at radius 1 is 0.857 bits per heavy atom. The van der Waals surface area contributed by atoms with Gasteiger partial charge in [-0.1, -0.05) is 60.7 Å². The maximum atomic E-state index is 12.9. The van der Waals surface area contributed by atoms with E-state index in [2.05, 4.69) is 26.0 Å². The van der Waals surface area contributed by atoms with Crippen LogP contribution in [0.1, 0.15) is 27.0 Å². The van der Waals surface area contributed by atoms with Gasteiger partial charge in [-0.05, 0) is 48.7 Å². The second kappa shape index (κ2) is 7.65. The van der Waals surface area contributed by atoms with E-state index in [9.17, 15) is 4.79 Å². The number of fused-ring (bicyclic) bond motifs is 1. The number of rotatable bonds is 4. The predicted octanol–water partition coefficient (Wildman–Crippen LogP) is 5.88. The Morgan fingerprint density at radius 2 is 1.61 bits per heavy atom. The van der Waals surface area contributed by atoms with Crippen LogP contribution in [-0.4, -0.2) is 11.0 Å². The van der Waals surface area contributed by atoms with Crippen LogP contribution < -0.4 is 0 Å². The van der Waals surface area contributed by atoms with Gasteiger partial charge in [-0.3, -0.25) is 0 Å². The van der Waals surface area contributed by atoms with Crippen LogP contribution in [0.4, 0.5) is 0 Å².